The Morgan fingerprint density at radius 1 is 1.10 bits per heavy atom. The van der Waals surface area contributed by atoms with E-state index in [1.165, 1.54) is 24.4 Å². The lowest BCUT2D eigenvalue weighted by Crippen LogP contribution is -2.10. The molecule has 0 aliphatic rings. The van der Waals surface area contributed by atoms with E-state index < -0.39 is 11.7 Å². The Morgan fingerprint density at radius 2 is 1.90 bits per heavy atom. The second kappa shape index (κ2) is 5.58. The fraction of sp³-hybridized carbons (Fsp3) is 0. The molecule has 3 rings (SSSR count). The molecule has 2 aromatic carbocycles. The number of rotatable bonds is 3. The molecule has 1 N–H and O–H groups in total. The molecule has 0 saturated heterocycles. The summed E-state index contributed by atoms with van der Waals surface area (Å²) in [5, 5.41) is 2.55. The lowest BCUT2D eigenvalue weighted by Gasteiger charge is -2.02. The van der Waals surface area contributed by atoms with Crippen LogP contribution < -0.4 is 5.32 Å². The van der Waals surface area contributed by atoms with Crippen LogP contribution in [0.5, 0.6) is 0 Å². The van der Waals surface area contributed by atoms with Gasteiger partial charge in [0.15, 0.2) is 0 Å². The third kappa shape index (κ3) is 2.97. The first-order valence-electron chi connectivity index (χ1n) is 6.30. The van der Waals surface area contributed by atoms with Gasteiger partial charge >= 0.3 is 0 Å². The van der Waals surface area contributed by atoms with Gasteiger partial charge in [-0.2, -0.15) is 0 Å². The van der Waals surface area contributed by atoms with Crippen molar-refractivity contribution in [3.05, 3.63) is 72.4 Å². The molecule has 0 aliphatic heterocycles. The van der Waals surface area contributed by atoms with Gasteiger partial charge in [-0.15, -0.1) is 0 Å². The molecule has 0 saturated carbocycles. The summed E-state index contributed by atoms with van der Waals surface area (Å²) in [4.78, 5) is 16.1. The quantitative estimate of drug-likeness (QED) is 0.796. The zero-order valence-corrected chi connectivity index (χ0v) is 10.9. The van der Waals surface area contributed by atoms with Crippen molar-refractivity contribution in [2.24, 2.45) is 0 Å². The maximum Gasteiger partial charge on any atom is 0.293 e. The van der Waals surface area contributed by atoms with Crippen molar-refractivity contribution < 1.29 is 13.6 Å². The summed E-state index contributed by atoms with van der Waals surface area (Å²) in [6.45, 7) is 0. The molecule has 5 heteroatoms. The van der Waals surface area contributed by atoms with Crippen LogP contribution in [0.4, 0.5) is 10.1 Å². The molecule has 1 aromatic heterocycles. The van der Waals surface area contributed by atoms with E-state index in [1.54, 1.807) is 6.07 Å². The van der Waals surface area contributed by atoms with Crippen molar-refractivity contribution in [2.75, 3.05) is 5.32 Å². The summed E-state index contributed by atoms with van der Waals surface area (Å²) in [7, 11) is 0. The molecule has 0 aliphatic carbocycles. The molecule has 104 valence electrons. The van der Waals surface area contributed by atoms with Crippen molar-refractivity contribution in [3.63, 3.8) is 0 Å². The van der Waals surface area contributed by atoms with Crippen LogP contribution in [0.3, 0.4) is 0 Å². The smallest absolute Gasteiger partial charge is 0.293 e. The molecule has 1 heterocycles. The van der Waals surface area contributed by atoms with E-state index in [1.807, 2.05) is 30.3 Å². The van der Waals surface area contributed by atoms with E-state index in [4.69, 9.17) is 4.42 Å². The summed E-state index contributed by atoms with van der Waals surface area (Å²) in [5.41, 5.74) is 1.14. The summed E-state index contributed by atoms with van der Waals surface area (Å²) in [6, 6.07) is 14.9. The van der Waals surface area contributed by atoms with Gasteiger partial charge in [0.1, 0.15) is 5.82 Å². The summed E-state index contributed by atoms with van der Waals surface area (Å²) in [6.07, 6.45) is 1.34. The monoisotopic (exact) mass is 282 g/mol. The van der Waals surface area contributed by atoms with Crippen molar-refractivity contribution in [1.29, 1.82) is 0 Å². The lowest BCUT2D eigenvalue weighted by atomic mass is 10.2. The van der Waals surface area contributed by atoms with Crippen LogP contribution in [0.2, 0.25) is 0 Å². The molecule has 0 unspecified atom stereocenters. The highest BCUT2D eigenvalue weighted by molar-refractivity contribution is 6.02. The number of halogens is 1. The van der Waals surface area contributed by atoms with E-state index in [9.17, 15) is 9.18 Å². The molecule has 0 bridgehead atoms. The van der Waals surface area contributed by atoms with Gasteiger partial charge < -0.3 is 9.73 Å². The molecule has 3 aromatic rings. The second-order valence-electron chi connectivity index (χ2n) is 4.36. The van der Waals surface area contributed by atoms with Crippen LogP contribution in [0.25, 0.3) is 11.5 Å². The van der Waals surface area contributed by atoms with E-state index in [0.717, 1.165) is 5.56 Å². The summed E-state index contributed by atoms with van der Waals surface area (Å²) in [5.74, 6) is -0.469. The van der Waals surface area contributed by atoms with Crippen LogP contribution in [-0.2, 0) is 0 Å². The molecule has 4 nitrogen and oxygen atoms in total. The summed E-state index contributed by atoms with van der Waals surface area (Å²) < 4.78 is 18.5. The van der Waals surface area contributed by atoms with Crippen LogP contribution in [-0.4, -0.2) is 10.9 Å². The highest BCUT2D eigenvalue weighted by Gasteiger charge is 2.13. The number of oxazole rings is 1. The molecule has 0 atom stereocenters. The number of nitrogens with one attached hydrogen (secondary N) is 1. The Bertz CT molecular complexity index is 769. The van der Waals surface area contributed by atoms with Crippen LogP contribution in [0, 0.1) is 5.82 Å². The van der Waals surface area contributed by atoms with Gasteiger partial charge in [-0.05, 0) is 30.3 Å². The Morgan fingerprint density at radius 3 is 2.67 bits per heavy atom. The van der Waals surface area contributed by atoms with Crippen molar-refractivity contribution >= 4 is 11.6 Å². The fourth-order valence-electron chi connectivity index (χ4n) is 1.85. The van der Waals surface area contributed by atoms with E-state index in [-0.39, 0.29) is 5.76 Å². The molecular weight excluding hydrogens is 271 g/mol. The lowest BCUT2D eigenvalue weighted by molar-refractivity contribution is 0.0997. The highest BCUT2D eigenvalue weighted by Crippen LogP contribution is 2.19. The first-order valence-corrected chi connectivity index (χ1v) is 6.30. The third-order valence-corrected chi connectivity index (χ3v) is 2.83. The maximum absolute atomic E-state index is 13.1. The molecular formula is C16H11FN2O2. The standard InChI is InChI=1S/C16H11FN2O2/c17-12-7-4-8-13(9-12)19-15(20)14-10-18-16(21-14)11-5-2-1-3-6-11/h1-10H,(H,19,20). The van der Waals surface area contributed by atoms with Crippen LogP contribution in [0.1, 0.15) is 10.6 Å². The van der Waals surface area contributed by atoms with Crippen LogP contribution in [0.15, 0.2) is 65.2 Å². The Balaban J connectivity index is 1.78. The number of anilines is 1. The molecule has 1 amide bonds. The van der Waals surface area contributed by atoms with E-state index >= 15 is 0 Å². The first-order chi connectivity index (χ1) is 10.2. The van der Waals surface area contributed by atoms with Crippen molar-refractivity contribution in [3.8, 4) is 11.5 Å². The first kappa shape index (κ1) is 13.1. The second-order valence-corrected chi connectivity index (χ2v) is 4.36. The van der Waals surface area contributed by atoms with Crippen LogP contribution >= 0.6 is 0 Å². The third-order valence-electron chi connectivity index (χ3n) is 2.83. The maximum atomic E-state index is 13.1. The minimum atomic E-state index is -0.477. The number of hydrogen-bond donors (Lipinski definition) is 1. The van der Waals surface area contributed by atoms with Crippen molar-refractivity contribution in [1.82, 2.24) is 4.98 Å². The van der Waals surface area contributed by atoms with Gasteiger partial charge in [0.05, 0.1) is 6.20 Å². The number of carbonyl (C=O) groups excluding carboxylic acids is 1. The topological polar surface area (TPSA) is 55.1 Å². The molecule has 21 heavy (non-hydrogen) atoms. The fourth-order valence-corrected chi connectivity index (χ4v) is 1.85. The predicted molar refractivity (Wildman–Crippen MR) is 76.3 cm³/mol. The van der Waals surface area contributed by atoms with Gasteiger partial charge in [-0.1, -0.05) is 24.3 Å². The Kier molecular flexibility index (Phi) is 3.47. The highest BCUT2D eigenvalue weighted by atomic mass is 19.1. The van der Waals surface area contributed by atoms with E-state index in [2.05, 4.69) is 10.3 Å². The predicted octanol–water partition coefficient (Wildman–Crippen LogP) is 3.73. The van der Waals surface area contributed by atoms with Gasteiger partial charge in [0, 0.05) is 11.3 Å². The Hall–Kier alpha value is -2.95. The van der Waals surface area contributed by atoms with Gasteiger partial charge in [0.25, 0.3) is 5.91 Å². The number of carbonyl (C=O) groups is 1. The molecule has 0 radical (unpaired) electrons. The minimum absolute atomic E-state index is 0.0677. The average molecular weight is 282 g/mol. The van der Waals surface area contributed by atoms with Gasteiger partial charge in [0.2, 0.25) is 11.7 Å². The van der Waals surface area contributed by atoms with Gasteiger partial charge in [-0.25, -0.2) is 9.37 Å². The number of benzene rings is 2. The number of aromatic nitrogens is 1. The van der Waals surface area contributed by atoms with Crippen molar-refractivity contribution in [2.45, 2.75) is 0 Å². The average Bonchev–Trinajstić information content (AvgIpc) is 2.98. The molecule has 0 spiro atoms. The normalized spacial score (nSPS) is 10.3. The van der Waals surface area contributed by atoms with E-state index in [0.29, 0.717) is 11.6 Å². The zero-order valence-electron chi connectivity index (χ0n) is 10.9. The number of amides is 1. The number of hydrogen-bond acceptors (Lipinski definition) is 3. The minimum Gasteiger partial charge on any atom is -0.431 e. The molecule has 0 fully saturated rings. The SMILES string of the molecule is O=C(Nc1cccc(F)c1)c1cnc(-c2ccccc2)o1. The zero-order chi connectivity index (χ0) is 14.7. The largest absolute Gasteiger partial charge is 0.431 e. The Labute approximate surface area is 120 Å². The summed E-state index contributed by atoms with van der Waals surface area (Å²) >= 11 is 0. The number of nitrogens with zero attached hydrogens (tertiary/aromatic N) is 1. The van der Waals surface area contributed by atoms with Gasteiger partial charge in [-0.3, -0.25) is 4.79 Å².